The van der Waals surface area contributed by atoms with Crippen molar-refractivity contribution in [1.82, 2.24) is 10.6 Å². The molecule has 1 amide bonds. The fourth-order valence-corrected chi connectivity index (χ4v) is 4.68. The Morgan fingerprint density at radius 3 is 2.76 bits per heavy atom. The zero-order valence-corrected chi connectivity index (χ0v) is 11.0. The molecule has 2 heterocycles. The molecule has 0 bridgehead atoms. The summed E-state index contributed by atoms with van der Waals surface area (Å²) in [6.07, 6.45) is 2.43. The fraction of sp³-hybridized carbons (Fsp3) is 0.909. The number of carbonyl (C=O) groups excluding carboxylic acids is 1. The lowest BCUT2D eigenvalue weighted by atomic mass is 9.95. The van der Waals surface area contributed by atoms with E-state index in [-0.39, 0.29) is 23.3 Å². The molecule has 98 valence electrons. The van der Waals surface area contributed by atoms with Gasteiger partial charge in [0.15, 0.2) is 9.84 Å². The molecule has 2 unspecified atom stereocenters. The lowest BCUT2D eigenvalue weighted by Crippen LogP contribution is -2.51. The van der Waals surface area contributed by atoms with Gasteiger partial charge in [-0.05, 0) is 32.7 Å². The summed E-state index contributed by atoms with van der Waals surface area (Å²) in [5.74, 6) is 0.249. The van der Waals surface area contributed by atoms with Crippen LogP contribution in [0.15, 0.2) is 0 Å². The standard InChI is InChI=1S/C11H20N2O3S/c1-11(4-6-17(15,16)8-11)13-10(14)9-3-2-5-12-7-9/h9,12H,2-8H2,1H3,(H,13,14). The van der Waals surface area contributed by atoms with Crippen LogP contribution in [-0.4, -0.2) is 44.5 Å². The van der Waals surface area contributed by atoms with Gasteiger partial charge in [0, 0.05) is 6.54 Å². The Kier molecular flexibility index (Phi) is 3.45. The van der Waals surface area contributed by atoms with Crippen molar-refractivity contribution in [3.63, 3.8) is 0 Å². The summed E-state index contributed by atoms with van der Waals surface area (Å²) in [6, 6.07) is 0. The summed E-state index contributed by atoms with van der Waals surface area (Å²) >= 11 is 0. The summed E-state index contributed by atoms with van der Waals surface area (Å²) in [5.41, 5.74) is -0.562. The summed E-state index contributed by atoms with van der Waals surface area (Å²) in [4.78, 5) is 12.0. The molecule has 6 heteroatoms. The van der Waals surface area contributed by atoms with Crippen LogP contribution in [-0.2, 0) is 14.6 Å². The van der Waals surface area contributed by atoms with Gasteiger partial charge in [-0.3, -0.25) is 4.79 Å². The molecular formula is C11H20N2O3S. The second-order valence-electron chi connectivity index (χ2n) is 5.44. The van der Waals surface area contributed by atoms with Crippen LogP contribution in [0.3, 0.4) is 0 Å². The molecule has 0 radical (unpaired) electrons. The topological polar surface area (TPSA) is 75.3 Å². The summed E-state index contributed by atoms with van der Waals surface area (Å²) < 4.78 is 22.9. The first-order valence-electron chi connectivity index (χ1n) is 6.13. The van der Waals surface area contributed by atoms with Crippen molar-refractivity contribution in [3.8, 4) is 0 Å². The molecule has 0 aromatic carbocycles. The Bertz CT molecular complexity index is 401. The molecule has 0 aliphatic carbocycles. The van der Waals surface area contributed by atoms with Gasteiger partial charge in [0.05, 0.1) is 23.0 Å². The number of amides is 1. The Balaban J connectivity index is 1.94. The molecule has 0 saturated carbocycles. The van der Waals surface area contributed by atoms with Crippen LogP contribution >= 0.6 is 0 Å². The zero-order chi connectivity index (χ0) is 12.5. The predicted octanol–water partition coefficient (Wildman–Crippen LogP) is -0.321. The number of hydrogen-bond donors (Lipinski definition) is 2. The summed E-state index contributed by atoms with van der Waals surface area (Å²) in [5, 5.41) is 6.11. The van der Waals surface area contributed by atoms with E-state index in [1.54, 1.807) is 0 Å². The molecule has 0 aromatic rings. The van der Waals surface area contributed by atoms with Gasteiger partial charge in [-0.25, -0.2) is 8.42 Å². The lowest BCUT2D eigenvalue weighted by Gasteiger charge is -2.29. The van der Waals surface area contributed by atoms with Crippen LogP contribution < -0.4 is 10.6 Å². The molecule has 2 rings (SSSR count). The van der Waals surface area contributed by atoms with E-state index in [1.165, 1.54) is 0 Å². The third-order valence-corrected chi connectivity index (χ3v) is 5.50. The van der Waals surface area contributed by atoms with E-state index < -0.39 is 15.4 Å². The van der Waals surface area contributed by atoms with Crippen molar-refractivity contribution in [2.45, 2.75) is 31.7 Å². The molecule has 17 heavy (non-hydrogen) atoms. The maximum atomic E-state index is 12.0. The van der Waals surface area contributed by atoms with Crippen molar-refractivity contribution in [1.29, 1.82) is 0 Å². The Morgan fingerprint density at radius 2 is 2.24 bits per heavy atom. The number of hydrogen-bond acceptors (Lipinski definition) is 4. The SMILES string of the molecule is CC1(NC(=O)C2CCCNC2)CCS(=O)(=O)C1. The summed E-state index contributed by atoms with van der Waals surface area (Å²) in [7, 11) is -2.96. The average molecular weight is 260 g/mol. The minimum Gasteiger partial charge on any atom is -0.350 e. The highest BCUT2D eigenvalue weighted by Gasteiger charge is 2.40. The summed E-state index contributed by atoms with van der Waals surface area (Å²) in [6.45, 7) is 3.50. The monoisotopic (exact) mass is 260 g/mol. The highest BCUT2D eigenvalue weighted by molar-refractivity contribution is 7.91. The molecule has 0 aromatic heterocycles. The van der Waals surface area contributed by atoms with Crippen molar-refractivity contribution in [2.75, 3.05) is 24.6 Å². The molecule has 2 aliphatic heterocycles. The number of sulfone groups is 1. The molecular weight excluding hydrogens is 240 g/mol. The van der Waals surface area contributed by atoms with E-state index in [9.17, 15) is 13.2 Å². The molecule has 2 N–H and O–H groups in total. The zero-order valence-electron chi connectivity index (χ0n) is 10.2. The van der Waals surface area contributed by atoms with E-state index in [0.29, 0.717) is 13.0 Å². The lowest BCUT2D eigenvalue weighted by molar-refractivity contribution is -0.127. The molecule has 2 saturated heterocycles. The highest BCUT2D eigenvalue weighted by Crippen LogP contribution is 2.23. The van der Waals surface area contributed by atoms with Crippen molar-refractivity contribution >= 4 is 15.7 Å². The van der Waals surface area contributed by atoms with E-state index in [1.807, 2.05) is 6.92 Å². The third-order valence-electron chi connectivity index (χ3n) is 3.60. The van der Waals surface area contributed by atoms with E-state index in [4.69, 9.17) is 0 Å². The Labute approximate surface area is 102 Å². The van der Waals surface area contributed by atoms with Gasteiger partial charge in [-0.2, -0.15) is 0 Å². The smallest absolute Gasteiger partial charge is 0.224 e. The van der Waals surface area contributed by atoms with Gasteiger partial charge in [0.25, 0.3) is 0 Å². The first-order chi connectivity index (χ1) is 7.90. The number of rotatable bonds is 2. The molecule has 2 aliphatic rings. The van der Waals surface area contributed by atoms with Crippen LogP contribution in [0, 0.1) is 5.92 Å². The first-order valence-corrected chi connectivity index (χ1v) is 7.96. The average Bonchev–Trinajstić information content (AvgIpc) is 2.54. The molecule has 0 spiro atoms. The highest BCUT2D eigenvalue weighted by atomic mass is 32.2. The number of carbonyl (C=O) groups is 1. The fourth-order valence-electron chi connectivity index (χ4n) is 2.58. The Morgan fingerprint density at radius 1 is 1.47 bits per heavy atom. The molecule has 5 nitrogen and oxygen atoms in total. The third kappa shape index (κ3) is 3.19. The minimum absolute atomic E-state index is 0.00296. The van der Waals surface area contributed by atoms with Crippen LogP contribution in [0.1, 0.15) is 26.2 Å². The van der Waals surface area contributed by atoms with Crippen molar-refractivity contribution in [2.24, 2.45) is 5.92 Å². The normalized spacial score (nSPS) is 36.6. The first kappa shape index (κ1) is 12.8. The maximum absolute atomic E-state index is 12.0. The quantitative estimate of drug-likeness (QED) is 0.713. The van der Waals surface area contributed by atoms with Gasteiger partial charge in [-0.15, -0.1) is 0 Å². The van der Waals surface area contributed by atoms with Gasteiger partial charge in [0.1, 0.15) is 0 Å². The van der Waals surface area contributed by atoms with E-state index in [2.05, 4.69) is 10.6 Å². The van der Waals surface area contributed by atoms with Crippen LogP contribution in [0.5, 0.6) is 0 Å². The second kappa shape index (κ2) is 4.57. The minimum atomic E-state index is -2.96. The number of nitrogens with one attached hydrogen (secondary N) is 2. The van der Waals surface area contributed by atoms with E-state index in [0.717, 1.165) is 19.4 Å². The molecule has 2 fully saturated rings. The van der Waals surface area contributed by atoms with Crippen LogP contribution in [0.25, 0.3) is 0 Å². The maximum Gasteiger partial charge on any atom is 0.224 e. The van der Waals surface area contributed by atoms with Gasteiger partial charge in [0.2, 0.25) is 5.91 Å². The van der Waals surface area contributed by atoms with Crippen LogP contribution in [0.4, 0.5) is 0 Å². The predicted molar refractivity (Wildman–Crippen MR) is 65.4 cm³/mol. The second-order valence-corrected chi connectivity index (χ2v) is 7.62. The largest absolute Gasteiger partial charge is 0.350 e. The number of piperidine rings is 1. The van der Waals surface area contributed by atoms with Crippen molar-refractivity contribution < 1.29 is 13.2 Å². The molecule has 2 atom stereocenters. The van der Waals surface area contributed by atoms with E-state index >= 15 is 0 Å². The van der Waals surface area contributed by atoms with Gasteiger partial charge in [-0.1, -0.05) is 0 Å². The Hall–Kier alpha value is -0.620. The van der Waals surface area contributed by atoms with Crippen molar-refractivity contribution in [3.05, 3.63) is 0 Å². The van der Waals surface area contributed by atoms with Crippen LogP contribution in [0.2, 0.25) is 0 Å². The van der Waals surface area contributed by atoms with Gasteiger partial charge < -0.3 is 10.6 Å². The van der Waals surface area contributed by atoms with Gasteiger partial charge >= 0.3 is 0 Å².